The van der Waals surface area contributed by atoms with Gasteiger partial charge in [0.1, 0.15) is 0 Å². The zero-order valence-electron chi connectivity index (χ0n) is 11.1. The molecule has 0 radical (unpaired) electrons. The fraction of sp³-hybridized carbons (Fsp3) is 0.571. The smallest absolute Gasteiger partial charge is 0.0236 e. The maximum absolute atomic E-state index is 3.38. The molecule has 0 heterocycles. The van der Waals surface area contributed by atoms with Crippen molar-refractivity contribution in [1.29, 1.82) is 0 Å². The quantitative estimate of drug-likeness (QED) is 0.755. The van der Waals surface area contributed by atoms with Gasteiger partial charge in [-0.05, 0) is 26.0 Å². The molecule has 1 rings (SSSR count). The molecule has 0 unspecified atom stereocenters. The van der Waals surface area contributed by atoms with Crippen LogP contribution in [0.15, 0.2) is 30.3 Å². The average Bonchev–Trinajstić information content (AvgIpc) is 2.29. The number of rotatable bonds is 7. The zero-order valence-corrected chi connectivity index (χ0v) is 12.0. The largest absolute Gasteiger partial charge is 0.316 e. The van der Waals surface area contributed by atoms with Crippen molar-refractivity contribution in [2.45, 2.75) is 33.4 Å². The third-order valence-corrected chi connectivity index (χ3v) is 2.78. The standard InChI is InChI=1S/C14H24N2.ClH/c1-4-15-10-11-16(13(2)3)12-14-8-6-5-7-9-14;/h5-9,13,15H,4,10-12H2,1-3H3;1H. The van der Waals surface area contributed by atoms with Crippen LogP contribution < -0.4 is 5.32 Å². The number of nitrogens with zero attached hydrogens (tertiary/aromatic N) is 1. The van der Waals surface area contributed by atoms with Gasteiger partial charge in [0.05, 0.1) is 0 Å². The first-order valence-electron chi connectivity index (χ1n) is 6.22. The van der Waals surface area contributed by atoms with Crippen molar-refractivity contribution in [3.63, 3.8) is 0 Å². The highest BCUT2D eigenvalue weighted by Crippen LogP contribution is 2.07. The molecular formula is C14H25ClN2. The number of nitrogens with one attached hydrogen (secondary N) is 1. The van der Waals surface area contributed by atoms with E-state index in [1.165, 1.54) is 5.56 Å². The number of likely N-dealkylation sites (N-methyl/N-ethyl adjacent to an activating group) is 1. The fourth-order valence-corrected chi connectivity index (χ4v) is 1.74. The molecule has 0 bridgehead atoms. The van der Waals surface area contributed by atoms with Gasteiger partial charge in [0, 0.05) is 25.7 Å². The molecule has 0 aromatic heterocycles. The molecule has 2 nitrogen and oxygen atoms in total. The predicted octanol–water partition coefficient (Wildman–Crippen LogP) is 2.93. The Morgan fingerprint density at radius 2 is 1.82 bits per heavy atom. The molecule has 0 fully saturated rings. The monoisotopic (exact) mass is 256 g/mol. The molecule has 0 aliphatic rings. The Morgan fingerprint density at radius 1 is 1.18 bits per heavy atom. The van der Waals surface area contributed by atoms with Crippen molar-refractivity contribution >= 4 is 12.4 Å². The number of hydrogen-bond donors (Lipinski definition) is 1. The summed E-state index contributed by atoms with van der Waals surface area (Å²) < 4.78 is 0. The lowest BCUT2D eigenvalue weighted by Crippen LogP contribution is -2.36. The van der Waals surface area contributed by atoms with Gasteiger partial charge in [-0.15, -0.1) is 12.4 Å². The van der Waals surface area contributed by atoms with Crippen LogP contribution in [-0.4, -0.2) is 30.6 Å². The molecule has 0 aliphatic heterocycles. The summed E-state index contributed by atoms with van der Waals surface area (Å²) in [6.45, 7) is 10.9. The maximum atomic E-state index is 3.38. The van der Waals surface area contributed by atoms with Gasteiger partial charge in [-0.3, -0.25) is 4.90 Å². The Balaban J connectivity index is 0.00000256. The first-order valence-corrected chi connectivity index (χ1v) is 6.22. The van der Waals surface area contributed by atoms with Crippen LogP contribution in [0.4, 0.5) is 0 Å². The van der Waals surface area contributed by atoms with E-state index >= 15 is 0 Å². The highest BCUT2D eigenvalue weighted by Gasteiger charge is 2.08. The Bertz CT molecular complexity index is 275. The second-order valence-corrected chi connectivity index (χ2v) is 4.40. The van der Waals surface area contributed by atoms with Crippen molar-refractivity contribution in [2.75, 3.05) is 19.6 Å². The Morgan fingerprint density at radius 3 is 2.35 bits per heavy atom. The van der Waals surface area contributed by atoms with Crippen LogP contribution in [0, 0.1) is 0 Å². The molecule has 17 heavy (non-hydrogen) atoms. The van der Waals surface area contributed by atoms with Gasteiger partial charge in [-0.1, -0.05) is 37.3 Å². The fourth-order valence-electron chi connectivity index (χ4n) is 1.74. The molecular weight excluding hydrogens is 232 g/mol. The molecule has 0 saturated heterocycles. The minimum atomic E-state index is 0. The maximum Gasteiger partial charge on any atom is 0.0236 e. The molecule has 98 valence electrons. The topological polar surface area (TPSA) is 15.3 Å². The van der Waals surface area contributed by atoms with E-state index in [-0.39, 0.29) is 12.4 Å². The van der Waals surface area contributed by atoms with Crippen LogP contribution in [0.25, 0.3) is 0 Å². The summed E-state index contributed by atoms with van der Waals surface area (Å²) in [5.74, 6) is 0. The molecule has 0 amide bonds. The van der Waals surface area contributed by atoms with Crippen molar-refractivity contribution in [2.24, 2.45) is 0 Å². The van der Waals surface area contributed by atoms with Crippen LogP contribution in [0.5, 0.6) is 0 Å². The van der Waals surface area contributed by atoms with Gasteiger partial charge in [0.25, 0.3) is 0 Å². The van der Waals surface area contributed by atoms with Crippen molar-refractivity contribution in [1.82, 2.24) is 10.2 Å². The van der Waals surface area contributed by atoms with Gasteiger partial charge in [-0.25, -0.2) is 0 Å². The molecule has 3 heteroatoms. The second kappa shape index (κ2) is 9.46. The molecule has 0 saturated carbocycles. The molecule has 0 spiro atoms. The Kier molecular flexibility index (Phi) is 9.14. The van der Waals surface area contributed by atoms with E-state index in [1.807, 2.05) is 0 Å². The molecule has 1 aromatic carbocycles. The summed E-state index contributed by atoms with van der Waals surface area (Å²) in [4.78, 5) is 2.50. The molecule has 1 N–H and O–H groups in total. The van der Waals surface area contributed by atoms with E-state index < -0.39 is 0 Å². The minimum Gasteiger partial charge on any atom is -0.316 e. The zero-order chi connectivity index (χ0) is 11.8. The Hall–Kier alpha value is -0.570. The lowest BCUT2D eigenvalue weighted by atomic mass is 10.2. The lowest BCUT2D eigenvalue weighted by Gasteiger charge is -2.26. The van der Waals surface area contributed by atoms with E-state index in [0.29, 0.717) is 6.04 Å². The summed E-state index contributed by atoms with van der Waals surface area (Å²) in [5.41, 5.74) is 1.40. The Labute approximate surface area is 112 Å². The first kappa shape index (κ1) is 16.4. The van der Waals surface area contributed by atoms with Gasteiger partial charge in [0.2, 0.25) is 0 Å². The number of halogens is 1. The average molecular weight is 257 g/mol. The van der Waals surface area contributed by atoms with Crippen LogP contribution in [0.3, 0.4) is 0 Å². The van der Waals surface area contributed by atoms with E-state index in [9.17, 15) is 0 Å². The highest BCUT2D eigenvalue weighted by atomic mass is 35.5. The van der Waals surface area contributed by atoms with Crippen LogP contribution in [-0.2, 0) is 6.54 Å². The second-order valence-electron chi connectivity index (χ2n) is 4.40. The van der Waals surface area contributed by atoms with Crippen molar-refractivity contribution in [3.05, 3.63) is 35.9 Å². The van der Waals surface area contributed by atoms with Gasteiger partial charge < -0.3 is 5.32 Å². The van der Waals surface area contributed by atoms with E-state index in [1.54, 1.807) is 0 Å². The summed E-state index contributed by atoms with van der Waals surface area (Å²) in [6.07, 6.45) is 0. The van der Waals surface area contributed by atoms with Crippen molar-refractivity contribution < 1.29 is 0 Å². The lowest BCUT2D eigenvalue weighted by molar-refractivity contribution is 0.214. The SMILES string of the molecule is CCNCCN(Cc1ccccc1)C(C)C.Cl. The first-order chi connectivity index (χ1) is 7.74. The van der Waals surface area contributed by atoms with E-state index in [4.69, 9.17) is 0 Å². The van der Waals surface area contributed by atoms with Gasteiger partial charge >= 0.3 is 0 Å². The van der Waals surface area contributed by atoms with E-state index in [2.05, 4.69) is 61.3 Å². The van der Waals surface area contributed by atoms with Gasteiger partial charge in [-0.2, -0.15) is 0 Å². The third kappa shape index (κ3) is 6.67. The van der Waals surface area contributed by atoms with Crippen LogP contribution >= 0.6 is 12.4 Å². The summed E-state index contributed by atoms with van der Waals surface area (Å²) in [5, 5.41) is 3.38. The van der Waals surface area contributed by atoms with Crippen molar-refractivity contribution in [3.8, 4) is 0 Å². The van der Waals surface area contributed by atoms with E-state index in [0.717, 1.165) is 26.2 Å². The molecule has 1 aromatic rings. The summed E-state index contributed by atoms with van der Waals surface area (Å²) in [6, 6.07) is 11.3. The summed E-state index contributed by atoms with van der Waals surface area (Å²) >= 11 is 0. The van der Waals surface area contributed by atoms with Crippen LogP contribution in [0.2, 0.25) is 0 Å². The predicted molar refractivity (Wildman–Crippen MR) is 77.8 cm³/mol. The third-order valence-electron chi connectivity index (χ3n) is 2.78. The molecule has 0 aliphatic carbocycles. The highest BCUT2D eigenvalue weighted by molar-refractivity contribution is 5.85. The van der Waals surface area contributed by atoms with Crippen LogP contribution in [0.1, 0.15) is 26.3 Å². The minimum absolute atomic E-state index is 0. The summed E-state index contributed by atoms with van der Waals surface area (Å²) in [7, 11) is 0. The number of benzene rings is 1. The number of hydrogen-bond acceptors (Lipinski definition) is 2. The normalized spacial score (nSPS) is 10.6. The molecule has 0 atom stereocenters. The van der Waals surface area contributed by atoms with Gasteiger partial charge in [0.15, 0.2) is 0 Å².